The van der Waals surface area contributed by atoms with Crippen molar-refractivity contribution in [1.82, 2.24) is 39.4 Å². The number of hydrogen-bond donors (Lipinski definition) is 1. The zero-order valence-electron chi connectivity index (χ0n) is 22.1. The number of nitrogens with zero attached hydrogens (tertiary/aromatic N) is 9. The van der Waals surface area contributed by atoms with Gasteiger partial charge in [-0.1, -0.05) is 6.58 Å². The van der Waals surface area contributed by atoms with Gasteiger partial charge in [0.25, 0.3) is 0 Å². The number of fused-ring (bicyclic) bond motifs is 5. The van der Waals surface area contributed by atoms with E-state index >= 15 is 4.39 Å². The molecule has 0 spiro atoms. The third kappa shape index (κ3) is 4.35. The standard InChI is InChI=1S/C28H25FN10O2/c1-3-24(40)37-12-18-5-4-17(37)13-38(18)28-30-11-21-26(36-28)27(33-14-31-21)35-20-6-7-22(16(2)25(20)29)41-19-8-9-39-23(10-19)32-15-34-39/h3,6-11,14-15,17-18H,1,4-5,12-13H2,2H3,(H,31,33,35)/t17-,18-/m0/s1. The van der Waals surface area contributed by atoms with Crippen molar-refractivity contribution in [2.24, 2.45) is 0 Å². The first kappa shape index (κ1) is 24.8. The molecule has 5 aromatic rings. The lowest BCUT2D eigenvalue weighted by Gasteiger charge is -2.51. The normalized spacial score (nSPS) is 18.2. The van der Waals surface area contributed by atoms with E-state index in [2.05, 4.69) is 41.8 Å². The predicted molar refractivity (Wildman–Crippen MR) is 149 cm³/mol. The van der Waals surface area contributed by atoms with Crippen LogP contribution in [-0.4, -0.2) is 70.5 Å². The highest BCUT2D eigenvalue weighted by atomic mass is 19.1. The summed E-state index contributed by atoms with van der Waals surface area (Å²) in [6.07, 6.45) is 9.44. The Bertz CT molecular complexity index is 1830. The zero-order chi connectivity index (χ0) is 28.1. The number of piperazine rings is 1. The van der Waals surface area contributed by atoms with E-state index in [1.165, 1.54) is 18.7 Å². The number of nitrogens with one attached hydrogen (secondary N) is 1. The maximum absolute atomic E-state index is 15.6. The smallest absolute Gasteiger partial charge is 0.246 e. The summed E-state index contributed by atoms with van der Waals surface area (Å²) in [4.78, 5) is 38.4. The SMILES string of the molecule is C=CC(=O)N1C[C@@H]2CC[C@H]1CN2c1ncc2ncnc(Nc3ccc(Oc4ccn5ncnc5c4)c(C)c3F)c2n1. The second-order valence-electron chi connectivity index (χ2n) is 10.1. The van der Waals surface area contributed by atoms with Crippen LogP contribution in [0.1, 0.15) is 18.4 Å². The van der Waals surface area contributed by atoms with Crippen LogP contribution in [0.5, 0.6) is 11.5 Å². The summed E-state index contributed by atoms with van der Waals surface area (Å²) >= 11 is 0. The minimum Gasteiger partial charge on any atom is -0.457 e. The van der Waals surface area contributed by atoms with Crippen molar-refractivity contribution < 1.29 is 13.9 Å². The number of carbonyl (C=O) groups excluding carboxylic acids is 1. The number of ether oxygens (including phenoxy) is 1. The second-order valence-corrected chi connectivity index (χ2v) is 10.1. The first-order chi connectivity index (χ1) is 20.0. The van der Waals surface area contributed by atoms with Gasteiger partial charge < -0.3 is 19.9 Å². The van der Waals surface area contributed by atoms with Gasteiger partial charge in [-0.2, -0.15) is 5.10 Å². The molecule has 3 saturated heterocycles. The predicted octanol–water partition coefficient (Wildman–Crippen LogP) is 3.81. The van der Waals surface area contributed by atoms with E-state index < -0.39 is 5.82 Å². The van der Waals surface area contributed by atoms with Crippen LogP contribution in [0.4, 0.5) is 21.8 Å². The third-order valence-corrected chi connectivity index (χ3v) is 7.68. The Morgan fingerprint density at radius 1 is 1.12 bits per heavy atom. The molecule has 41 heavy (non-hydrogen) atoms. The highest BCUT2D eigenvalue weighted by Crippen LogP contribution is 2.34. The minimum atomic E-state index is -0.479. The van der Waals surface area contributed by atoms with Crippen LogP contribution >= 0.6 is 0 Å². The van der Waals surface area contributed by atoms with Crippen LogP contribution in [0.2, 0.25) is 0 Å². The molecular formula is C28H25FN10O2. The van der Waals surface area contributed by atoms with Gasteiger partial charge in [0, 0.05) is 43.0 Å². The first-order valence-corrected chi connectivity index (χ1v) is 13.2. The van der Waals surface area contributed by atoms with Crippen molar-refractivity contribution in [3.63, 3.8) is 0 Å². The van der Waals surface area contributed by atoms with Crippen LogP contribution in [0.15, 0.2) is 62.0 Å². The first-order valence-electron chi connectivity index (χ1n) is 13.2. The maximum Gasteiger partial charge on any atom is 0.246 e. The summed E-state index contributed by atoms with van der Waals surface area (Å²) < 4.78 is 23.1. The number of piperidine rings is 2. The van der Waals surface area contributed by atoms with Crippen LogP contribution < -0.4 is 15.0 Å². The Morgan fingerprint density at radius 3 is 2.83 bits per heavy atom. The Hall–Kier alpha value is -5.20. The molecule has 1 N–H and O–H groups in total. The van der Waals surface area contributed by atoms with E-state index in [1.807, 2.05) is 4.90 Å². The van der Waals surface area contributed by atoms with Gasteiger partial charge in [0.1, 0.15) is 35.2 Å². The minimum absolute atomic E-state index is 0.0520. The van der Waals surface area contributed by atoms with Crippen molar-refractivity contribution >= 4 is 40.0 Å². The molecular weight excluding hydrogens is 527 g/mol. The highest BCUT2D eigenvalue weighted by molar-refractivity contribution is 5.88. The lowest BCUT2D eigenvalue weighted by Crippen LogP contribution is -2.64. The van der Waals surface area contributed by atoms with Gasteiger partial charge in [0.15, 0.2) is 17.3 Å². The van der Waals surface area contributed by atoms with Crippen LogP contribution in [0.3, 0.4) is 0 Å². The van der Waals surface area contributed by atoms with Crippen LogP contribution in [0, 0.1) is 12.7 Å². The summed E-state index contributed by atoms with van der Waals surface area (Å²) in [5.74, 6) is 1.24. The van der Waals surface area contributed by atoms with Crippen molar-refractivity contribution in [3.8, 4) is 11.5 Å². The molecule has 1 amide bonds. The summed E-state index contributed by atoms with van der Waals surface area (Å²) in [5, 5.41) is 7.15. The Balaban J connectivity index is 1.15. The number of aromatic nitrogens is 7. The average molecular weight is 553 g/mol. The fourth-order valence-electron chi connectivity index (χ4n) is 5.52. The number of carbonyl (C=O) groups is 1. The van der Waals surface area contributed by atoms with Crippen molar-refractivity contribution in [2.45, 2.75) is 31.8 Å². The molecule has 0 aliphatic carbocycles. The Morgan fingerprint density at radius 2 is 2.00 bits per heavy atom. The van der Waals surface area contributed by atoms with E-state index in [0.29, 0.717) is 58.6 Å². The number of halogens is 1. The Labute approximate surface area is 233 Å². The van der Waals surface area contributed by atoms with Crippen LogP contribution in [-0.2, 0) is 4.79 Å². The number of rotatable bonds is 6. The molecule has 3 fully saturated rings. The van der Waals surface area contributed by atoms with Gasteiger partial charge in [0.2, 0.25) is 11.9 Å². The summed E-state index contributed by atoms with van der Waals surface area (Å²) in [6.45, 7) is 6.50. The van der Waals surface area contributed by atoms with Crippen molar-refractivity contribution in [1.29, 1.82) is 0 Å². The molecule has 0 unspecified atom stereocenters. The van der Waals surface area contributed by atoms with Gasteiger partial charge in [-0.25, -0.2) is 33.8 Å². The second kappa shape index (κ2) is 9.77. The molecule has 1 aromatic carbocycles. The topological polar surface area (TPSA) is 127 Å². The number of hydrogen-bond acceptors (Lipinski definition) is 10. The average Bonchev–Trinajstić information content (AvgIpc) is 3.48. The van der Waals surface area contributed by atoms with Crippen molar-refractivity contribution in [2.75, 3.05) is 23.3 Å². The lowest BCUT2D eigenvalue weighted by molar-refractivity contribution is -0.131. The molecule has 3 aliphatic rings. The Kier molecular flexibility index (Phi) is 5.91. The molecule has 4 aromatic heterocycles. The van der Waals surface area contributed by atoms with E-state index in [4.69, 9.17) is 9.72 Å². The lowest BCUT2D eigenvalue weighted by atomic mass is 9.91. The van der Waals surface area contributed by atoms with Crippen molar-refractivity contribution in [3.05, 3.63) is 73.3 Å². The summed E-state index contributed by atoms with van der Waals surface area (Å²) in [6, 6.07) is 6.92. The molecule has 3 aliphatic heterocycles. The fraction of sp³-hybridized carbons (Fsp3) is 0.250. The third-order valence-electron chi connectivity index (χ3n) is 7.68. The maximum atomic E-state index is 15.6. The molecule has 2 bridgehead atoms. The van der Waals surface area contributed by atoms with Gasteiger partial charge in [0.05, 0.1) is 11.9 Å². The highest BCUT2D eigenvalue weighted by Gasteiger charge is 2.41. The fourth-order valence-corrected chi connectivity index (χ4v) is 5.52. The van der Waals surface area contributed by atoms with Gasteiger partial charge in [-0.15, -0.1) is 0 Å². The molecule has 13 heteroatoms. The number of benzene rings is 1. The summed E-state index contributed by atoms with van der Waals surface area (Å²) in [7, 11) is 0. The zero-order valence-corrected chi connectivity index (χ0v) is 22.1. The quantitative estimate of drug-likeness (QED) is 0.311. The molecule has 0 saturated carbocycles. The molecule has 8 rings (SSSR count). The number of anilines is 3. The van der Waals surface area contributed by atoms with E-state index in [0.717, 1.165) is 12.8 Å². The van der Waals surface area contributed by atoms with E-state index in [1.54, 1.807) is 48.1 Å². The largest absolute Gasteiger partial charge is 0.457 e. The van der Waals surface area contributed by atoms with Gasteiger partial charge >= 0.3 is 0 Å². The molecule has 206 valence electrons. The van der Waals surface area contributed by atoms with E-state index in [-0.39, 0.29) is 23.7 Å². The van der Waals surface area contributed by atoms with E-state index in [9.17, 15) is 4.79 Å². The molecule has 12 nitrogen and oxygen atoms in total. The number of pyridine rings is 1. The van der Waals surface area contributed by atoms with Gasteiger partial charge in [-0.05, 0) is 44.0 Å². The molecule has 0 radical (unpaired) electrons. The number of amides is 1. The van der Waals surface area contributed by atoms with Crippen LogP contribution in [0.25, 0.3) is 16.7 Å². The van der Waals surface area contributed by atoms with Gasteiger partial charge in [-0.3, -0.25) is 4.79 Å². The molecule has 2 atom stereocenters. The monoisotopic (exact) mass is 552 g/mol. The molecule has 7 heterocycles. The summed E-state index contributed by atoms with van der Waals surface area (Å²) in [5.41, 5.74) is 2.16.